The molecule has 1 aliphatic heterocycles. The molecule has 1 aliphatic rings. The smallest absolute Gasteiger partial charge is 0.245 e. The second-order valence-corrected chi connectivity index (χ2v) is 8.80. The molecule has 1 aromatic heterocycles. The number of hydrogen-bond donors (Lipinski definition) is 0. The van der Waals surface area contributed by atoms with E-state index in [0.717, 1.165) is 24.1 Å². The number of carbonyl (C=O) groups excluding carboxylic acids is 1. The van der Waals surface area contributed by atoms with Gasteiger partial charge in [-0.1, -0.05) is 23.4 Å². The molecule has 6 nitrogen and oxygen atoms in total. The van der Waals surface area contributed by atoms with Crippen LogP contribution >= 0.6 is 0 Å². The van der Waals surface area contributed by atoms with Gasteiger partial charge in [0.25, 0.3) is 0 Å². The van der Waals surface area contributed by atoms with Crippen LogP contribution in [-0.4, -0.2) is 31.3 Å². The van der Waals surface area contributed by atoms with E-state index in [1.165, 1.54) is 6.92 Å². The first-order valence-corrected chi connectivity index (χ1v) is 10.1. The van der Waals surface area contributed by atoms with E-state index in [2.05, 4.69) is 5.16 Å². The number of sulfone groups is 1. The third-order valence-electron chi connectivity index (χ3n) is 4.79. The number of anilines is 1. The summed E-state index contributed by atoms with van der Waals surface area (Å²) in [5, 5.41) is 2.67. The number of aromatic nitrogens is 1. The van der Waals surface area contributed by atoms with Crippen molar-refractivity contribution in [2.45, 2.75) is 44.6 Å². The van der Waals surface area contributed by atoms with Gasteiger partial charge in [-0.15, -0.1) is 0 Å². The Morgan fingerprint density at radius 3 is 2.72 bits per heavy atom. The van der Waals surface area contributed by atoms with Crippen LogP contribution in [0.4, 0.5) is 5.69 Å². The van der Waals surface area contributed by atoms with Gasteiger partial charge in [-0.2, -0.15) is 0 Å². The highest BCUT2D eigenvalue weighted by Gasteiger charge is 2.35. The zero-order valence-electron chi connectivity index (χ0n) is 14.7. The summed E-state index contributed by atoms with van der Waals surface area (Å²) in [5.41, 5.74) is 2.98. The fraction of sp³-hybridized carbons (Fsp3) is 0.444. The summed E-state index contributed by atoms with van der Waals surface area (Å²) in [5.74, 6) is -0.140. The molecule has 0 saturated carbocycles. The molecule has 0 bridgehead atoms. The van der Waals surface area contributed by atoms with Crippen molar-refractivity contribution in [2.75, 3.05) is 11.4 Å². The predicted octanol–water partition coefficient (Wildman–Crippen LogP) is 2.57. The summed E-state index contributed by atoms with van der Waals surface area (Å²) in [7, 11) is -3.67. The Labute approximate surface area is 147 Å². The second-order valence-electron chi connectivity index (χ2n) is 6.47. The minimum absolute atomic E-state index is 0.240. The highest BCUT2D eigenvalue weighted by molar-refractivity contribution is 7.92. The number of hydrogen-bond acceptors (Lipinski definition) is 5. The number of para-hydroxylation sites is 1. The summed E-state index contributed by atoms with van der Waals surface area (Å²) in [6.07, 6.45) is 1.74. The molecule has 0 saturated heterocycles. The van der Waals surface area contributed by atoms with E-state index in [9.17, 15) is 13.2 Å². The Kier molecular flexibility index (Phi) is 4.69. The maximum atomic E-state index is 12.9. The number of carbonyl (C=O) groups is 1. The summed E-state index contributed by atoms with van der Waals surface area (Å²) in [4.78, 5) is 14.5. The van der Waals surface area contributed by atoms with E-state index in [-0.39, 0.29) is 11.7 Å². The number of nitrogens with zero attached hydrogens (tertiary/aromatic N) is 2. The van der Waals surface area contributed by atoms with Gasteiger partial charge in [0.1, 0.15) is 11.0 Å². The van der Waals surface area contributed by atoms with E-state index in [1.54, 1.807) is 18.7 Å². The lowest BCUT2D eigenvalue weighted by molar-refractivity contribution is -0.118. The number of amides is 1. The van der Waals surface area contributed by atoms with E-state index >= 15 is 0 Å². The minimum atomic E-state index is -3.67. The quantitative estimate of drug-likeness (QED) is 0.835. The maximum Gasteiger partial charge on any atom is 0.245 e. The molecule has 0 spiro atoms. The van der Waals surface area contributed by atoms with E-state index in [4.69, 9.17) is 4.52 Å². The minimum Gasteiger partial charge on any atom is -0.361 e. The first-order valence-electron chi connectivity index (χ1n) is 8.34. The highest BCUT2D eigenvalue weighted by atomic mass is 32.2. The maximum absolute atomic E-state index is 12.9. The van der Waals surface area contributed by atoms with Crippen LogP contribution in [0.25, 0.3) is 0 Å². The van der Waals surface area contributed by atoms with Gasteiger partial charge in [0.15, 0.2) is 9.84 Å². The Hall–Kier alpha value is -2.15. The van der Waals surface area contributed by atoms with Gasteiger partial charge >= 0.3 is 0 Å². The zero-order chi connectivity index (χ0) is 18.2. The van der Waals surface area contributed by atoms with Crippen molar-refractivity contribution in [1.82, 2.24) is 5.16 Å². The fourth-order valence-electron chi connectivity index (χ4n) is 3.17. The monoisotopic (exact) mass is 362 g/mol. The van der Waals surface area contributed by atoms with Gasteiger partial charge in [0.05, 0.1) is 11.4 Å². The summed E-state index contributed by atoms with van der Waals surface area (Å²) < 4.78 is 30.6. The van der Waals surface area contributed by atoms with Crippen LogP contribution in [0.15, 0.2) is 28.8 Å². The zero-order valence-corrected chi connectivity index (χ0v) is 15.5. The molecule has 0 aliphatic carbocycles. The van der Waals surface area contributed by atoms with Crippen LogP contribution in [0.5, 0.6) is 0 Å². The molecule has 7 heteroatoms. The van der Waals surface area contributed by atoms with Crippen molar-refractivity contribution in [3.05, 3.63) is 46.8 Å². The highest BCUT2D eigenvalue weighted by Crippen LogP contribution is 2.28. The molecule has 1 aromatic carbocycles. The summed E-state index contributed by atoms with van der Waals surface area (Å²) in [6, 6.07) is 7.66. The average molecular weight is 362 g/mol. The van der Waals surface area contributed by atoms with Crippen LogP contribution in [0, 0.1) is 13.8 Å². The summed E-state index contributed by atoms with van der Waals surface area (Å²) in [6.45, 7) is 5.39. The van der Waals surface area contributed by atoms with Gasteiger partial charge < -0.3 is 9.42 Å². The number of aryl methyl sites for hydroxylation is 3. The fourth-order valence-corrected chi connectivity index (χ4v) is 4.67. The third kappa shape index (κ3) is 3.33. The topological polar surface area (TPSA) is 80.5 Å². The lowest BCUT2D eigenvalue weighted by Crippen LogP contribution is -2.44. The van der Waals surface area contributed by atoms with Gasteiger partial charge in [-0.05, 0) is 45.2 Å². The van der Waals surface area contributed by atoms with Gasteiger partial charge in [-0.3, -0.25) is 4.79 Å². The van der Waals surface area contributed by atoms with Crippen molar-refractivity contribution in [1.29, 1.82) is 0 Å². The van der Waals surface area contributed by atoms with Gasteiger partial charge in [0.2, 0.25) is 5.91 Å². The molecule has 0 radical (unpaired) electrons. The molecule has 3 rings (SSSR count). The Morgan fingerprint density at radius 2 is 2.04 bits per heavy atom. The Balaban J connectivity index is 1.85. The van der Waals surface area contributed by atoms with Crippen LogP contribution < -0.4 is 4.90 Å². The first kappa shape index (κ1) is 17.7. The molecule has 134 valence electrons. The van der Waals surface area contributed by atoms with Crippen molar-refractivity contribution >= 4 is 21.4 Å². The summed E-state index contributed by atoms with van der Waals surface area (Å²) >= 11 is 0. The van der Waals surface area contributed by atoms with Crippen molar-refractivity contribution in [2.24, 2.45) is 0 Å². The largest absolute Gasteiger partial charge is 0.361 e. The second kappa shape index (κ2) is 6.63. The van der Waals surface area contributed by atoms with Crippen molar-refractivity contribution < 1.29 is 17.7 Å². The number of fused-ring (bicyclic) bond motifs is 1. The average Bonchev–Trinajstić information content (AvgIpc) is 2.91. The van der Waals surface area contributed by atoms with E-state index in [1.807, 2.05) is 24.3 Å². The van der Waals surface area contributed by atoms with Crippen LogP contribution in [0.3, 0.4) is 0 Å². The van der Waals surface area contributed by atoms with E-state index < -0.39 is 15.1 Å². The van der Waals surface area contributed by atoms with Crippen molar-refractivity contribution in [3.63, 3.8) is 0 Å². The molecule has 1 atom stereocenters. The predicted molar refractivity (Wildman–Crippen MR) is 95.2 cm³/mol. The number of rotatable bonds is 4. The lowest BCUT2D eigenvalue weighted by atomic mass is 10.0. The van der Waals surface area contributed by atoms with Gasteiger partial charge in [-0.25, -0.2) is 8.42 Å². The first-order chi connectivity index (χ1) is 11.8. The molecule has 2 heterocycles. The van der Waals surface area contributed by atoms with Crippen LogP contribution in [0.2, 0.25) is 0 Å². The molecule has 2 aromatic rings. The normalized spacial score (nSPS) is 15.7. The Bertz CT molecular complexity index is 882. The Morgan fingerprint density at radius 1 is 1.32 bits per heavy atom. The molecule has 25 heavy (non-hydrogen) atoms. The SMILES string of the molecule is Cc1noc(C)c1CS(=O)(=O)[C@H](C)C(=O)N1CCCc2ccccc21. The third-order valence-corrected chi connectivity index (χ3v) is 6.76. The van der Waals surface area contributed by atoms with Crippen molar-refractivity contribution in [3.8, 4) is 0 Å². The van der Waals surface area contributed by atoms with Crippen LogP contribution in [-0.2, 0) is 26.8 Å². The van der Waals surface area contributed by atoms with Crippen LogP contribution in [0.1, 0.15) is 35.9 Å². The molecule has 0 N–H and O–H groups in total. The molecular weight excluding hydrogens is 340 g/mol. The van der Waals surface area contributed by atoms with Gasteiger partial charge in [0, 0.05) is 17.8 Å². The number of benzene rings is 1. The molecule has 0 unspecified atom stereocenters. The lowest BCUT2D eigenvalue weighted by Gasteiger charge is -2.31. The van der Waals surface area contributed by atoms with E-state index in [0.29, 0.717) is 23.6 Å². The molecular formula is C18H22N2O4S. The standard InChI is InChI=1S/C18H22N2O4S/c1-12-16(13(2)24-19-12)11-25(22,23)14(3)18(21)20-10-6-8-15-7-4-5-9-17(15)20/h4-5,7,9,14H,6,8,10-11H2,1-3H3/t14-/m1/s1. The molecule has 0 fully saturated rings. The molecule has 1 amide bonds.